The van der Waals surface area contributed by atoms with Gasteiger partial charge in [-0.1, -0.05) is 45.7 Å². The minimum absolute atomic E-state index is 0.0334. The van der Waals surface area contributed by atoms with E-state index in [-0.39, 0.29) is 48.2 Å². The lowest BCUT2D eigenvalue weighted by molar-refractivity contribution is -0.153. The Morgan fingerprint density at radius 1 is 1.46 bits per heavy atom. The Labute approximate surface area is 223 Å². The third-order valence-corrected chi connectivity index (χ3v) is 10.7. The number of nitrogens with zero attached hydrogens (tertiary/aromatic N) is 2. The number of aliphatic hydroxyl groups excluding tert-OH is 1. The number of hydrogen-bond donors (Lipinski definition) is 1. The largest absolute Gasteiger partial charge is 0.466 e. The normalized spacial score (nSPS) is 30.9. The van der Waals surface area contributed by atoms with Crippen LogP contribution in [-0.4, -0.2) is 75.0 Å². The van der Waals surface area contributed by atoms with Crippen molar-refractivity contribution in [2.45, 2.75) is 47.6 Å². The number of rotatable bonds is 9. The van der Waals surface area contributed by atoms with E-state index in [1.165, 1.54) is 0 Å². The first kappa shape index (κ1) is 26.5. The SMILES string of the molecule is C=CCN(C(=O)C1N(CCCO)C(=O)[C@@H]2[C@H](C(=O)OCC)[C@H]3SC12CC3Br)c1c(C)cccc1Cl. The first-order valence-corrected chi connectivity index (χ1v) is 14.0. The lowest BCUT2D eigenvalue weighted by atomic mass is 9.71. The van der Waals surface area contributed by atoms with E-state index in [0.29, 0.717) is 23.6 Å². The third kappa shape index (κ3) is 4.22. The van der Waals surface area contributed by atoms with Crippen molar-refractivity contribution in [3.8, 4) is 0 Å². The van der Waals surface area contributed by atoms with Crippen molar-refractivity contribution >= 4 is 62.8 Å². The topological polar surface area (TPSA) is 87.2 Å². The molecule has 7 nitrogen and oxygen atoms in total. The number of likely N-dealkylation sites (tertiary alicyclic amines) is 1. The molecule has 10 heteroatoms. The second kappa shape index (κ2) is 10.4. The average molecular weight is 586 g/mol. The van der Waals surface area contributed by atoms with Crippen molar-refractivity contribution in [3.63, 3.8) is 0 Å². The fraction of sp³-hybridized carbons (Fsp3) is 0.560. The van der Waals surface area contributed by atoms with Gasteiger partial charge in [0.15, 0.2) is 0 Å². The number of thioether (sulfide) groups is 1. The molecule has 3 heterocycles. The van der Waals surface area contributed by atoms with Crippen LogP contribution in [0.15, 0.2) is 30.9 Å². The van der Waals surface area contributed by atoms with E-state index < -0.39 is 28.6 Å². The van der Waals surface area contributed by atoms with Crippen LogP contribution >= 0.6 is 39.3 Å². The number of hydrogen-bond acceptors (Lipinski definition) is 6. The molecule has 0 aromatic heterocycles. The smallest absolute Gasteiger partial charge is 0.310 e. The molecule has 4 rings (SSSR count). The van der Waals surface area contributed by atoms with Gasteiger partial charge in [0, 0.05) is 29.8 Å². The summed E-state index contributed by atoms with van der Waals surface area (Å²) in [5, 5.41) is 9.79. The van der Waals surface area contributed by atoms with Crippen LogP contribution in [0.4, 0.5) is 5.69 Å². The zero-order valence-corrected chi connectivity index (χ0v) is 22.9. The van der Waals surface area contributed by atoms with E-state index in [1.807, 2.05) is 19.1 Å². The number of benzene rings is 1. The first-order chi connectivity index (χ1) is 16.7. The summed E-state index contributed by atoms with van der Waals surface area (Å²) in [7, 11) is 0. The van der Waals surface area contributed by atoms with Crippen LogP contribution in [0.5, 0.6) is 0 Å². The Balaban J connectivity index is 1.82. The molecule has 3 aliphatic rings. The summed E-state index contributed by atoms with van der Waals surface area (Å²) in [6, 6.07) is 4.64. The van der Waals surface area contributed by atoms with E-state index in [2.05, 4.69) is 22.5 Å². The van der Waals surface area contributed by atoms with Crippen molar-refractivity contribution in [2.75, 3.05) is 31.2 Å². The summed E-state index contributed by atoms with van der Waals surface area (Å²) in [6.45, 7) is 8.02. The third-order valence-electron chi connectivity index (χ3n) is 7.18. The number of carbonyl (C=O) groups excluding carboxylic acids is 3. The maximum absolute atomic E-state index is 14.4. The van der Waals surface area contributed by atoms with E-state index in [4.69, 9.17) is 16.3 Å². The van der Waals surface area contributed by atoms with Gasteiger partial charge in [0.1, 0.15) is 6.04 Å². The summed E-state index contributed by atoms with van der Waals surface area (Å²) in [5.41, 5.74) is 1.42. The molecule has 1 spiro atoms. The predicted molar refractivity (Wildman–Crippen MR) is 141 cm³/mol. The summed E-state index contributed by atoms with van der Waals surface area (Å²) >= 11 is 11.8. The number of carbonyl (C=O) groups is 3. The Kier molecular flexibility index (Phi) is 7.91. The van der Waals surface area contributed by atoms with Crippen LogP contribution < -0.4 is 4.90 Å². The molecule has 0 aliphatic carbocycles. The number of esters is 1. The number of amides is 2. The quantitative estimate of drug-likeness (QED) is 0.271. The monoisotopic (exact) mass is 584 g/mol. The van der Waals surface area contributed by atoms with E-state index >= 15 is 0 Å². The maximum atomic E-state index is 14.4. The lowest BCUT2D eigenvalue weighted by Crippen LogP contribution is -2.56. The average Bonchev–Trinajstić information content (AvgIpc) is 3.40. The van der Waals surface area contributed by atoms with Crippen LogP contribution in [0.2, 0.25) is 5.02 Å². The summed E-state index contributed by atoms with van der Waals surface area (Å²) < 4.78 is 4.59. The molecule has 3 aliphatic heterocycles. The summed E-state index contributed by atoms with van der Waals surface area (Å²) in [5.74, 6) is -2.16. The molecule has 1 aromatic rings. The zero-order chi connectivity index (χ0) is 25.5. The molecule has 190 valence electrons. The molecular weight excluding hydrogens is 556 g/mol. The highest BCUT2D eigenvalue weighted by Crippen LogP contribution is 2.68. The highest BCUT2D eigenvalue weighted by atomic mass is 79.9. The van der Waals surface area contributed by atoms with Gasteiger partial charge in [0.2, 0.25) is 5.91 Å². The number of aliphatic hydroxyl groups is 1. The van der Waals surface area contributed by atoms with Crippen LogP contribution in [-0.2, 0) is 19.1 Å². The van der Waals surface area contributed by atoms with Gasteiger partial charge in [-0.15, -0.1) is 18.3 Å². The van der Waals surface area contributed by atoms with Gasteiger partial charge in [-0.05, 0) is 38.3 Å². The second-order valence-electron chi connectivity index (χ2n) is 9.17. The minimum atomic E-state index is -0.809. The van der Waals surface area contributed by atoms with Crippen LogP contribution in [0.1, 0.15) is 25.3 Å². The molecular formula is C25H30BrClN2O5S. The number of halogens is 2. The standard InChI is InChI=1S/C25H30BrClN2O5S/c1-4-10-28(19-14(3)8-6-9-16(19)27)23(32)21-25-13-15(26)20(35-25)17(24(33)34-5-2)18(25)22(31)29(21)11-7-12-30/h4,6,8-9,15,17-18,20-21,30H,1,5,7,10-13H2,2-3H3/t15?,17-,18-,20-,21?,25?/m0/s1. The number of fused-ring (bicyclic) bond motifs is 1. The molecule has 0 saturated carbocycles. The Morgan fingerprint density at radius 2 is 2.20 bits per heavy atom. The fourth-order valence-electron chi connectivity index (χ4n) is 5.93. The van der Waals surface area contributed by atoms with Gasteiger partial charge in [-0.2, -0.15) is 0 Å². The van der Waals surface area contributed by atoms with Crippen molar-refractivity contribution < 1.29 is 24.2 Å². The predicted octanol–water partition coefficient (Wildman–Crippen LogP) is 3.58. The van der Waals surface area contributed by atoms with Gasteiger partial charge in [0.05, 0.1) is 33.9 Å². The molecule has 3 fully saturated rings. The second-order valence-corrected chi connectivity index (χ2v) is 12.3. The van der Waals surface area contributed by atoms with Crippen molar-refractivity contribution in [2.24, 2.45) is 11.8 Å². The molecule has 1 aromatic carbocycles. The number of alkyl halides is 1. The summed E-state index contributed by atoms with van der Waals surface area (Å²) in [4.78, 5) is 44.4. The van der Waals surface area contributed by atoms with E-state index in [1.54, 1.807) is 40.6 Å². The molecule has 35 heavy (non-hydrogen) atoms. The van der Waals surface area contributed by atoms with Crippen molar-refractivity contribution in [1.29, 1.82) is 0 Å². The number of para-hydroxylation sites is 1. The first-order valence-electron chi connectivity index (χ1n) is 11.8. The highest BCUT2D eigenvalue weighted by Gasteiger charge is 2.76. The molecule has 1 N–H and O–H groups in total. The van der Waals surface area contributed by atoms with Crippen molar-refractivity contribution in [1.82, 2.24) is 4.90 Å². The number of anilines is 1. The van der Waals surface area contributed by atoms with Gasteiger partial charge < -0.3 is 19.6 Å². The van der Waals surface area contributed by atoms with Gasteiger partial charge in [0.25, 0.3) is 5.91 Å². The number of ether oxygens (including phenoxy) is 1. The van der Waals surface area contributed by atoms with Crippen LogP contribution in [0.25, 0.3) is 0 Å². The van der Waals surface area contributed by atoms with Crippen LogP contribution in [0.3, 0.4) is 0 Å². The molecule has 6 atom stereocenters. The van der Waals surface area contributed by atoms with Crippen molar-refractivity contribution in [3.05, 3.63) is 41.4 Å². The summed E-state index contributed by atoms with van der Waals surface area (Å²) in [6.07, 6.45) is 2.55. The number of aryl methyl sites for hydroxylation is 1. The van der Waals surface area contributed by atoms with Gasteiger partial charge in [-0.25, -0.2) is 0 Å². The maximum Gasteiger partial charge on any atom is 0.310 e. The molecule has 3 unspecified atom stereocenters. The van der Waals surface area contributed by atoms with E-state index in [0.717, 1.165) is 5.56 Å². The van der Waals surface area contributed by atoms with E-state index in [9.17, 15) is 19.5 Å². The zero-order valence-electron chi connectivity index (χ0n) is 19.8. The minimum Gasteiger partial charge on any atom is -0.466 e. The van der Waals surface area contributed by atoms with Crippen LogP contribution in [0, 0.1) is 18.8 Å². The fourth-order valence-corrected chi connectivity index (χ4v) is 9.85. The molecule has 2 amide bonds. The molecule has 2 bridgehead atoms. The Morgan fingerprint density at radius 3 is 2.83 bits per heavy atom. The molecule has 0 radical (unpaired) electrons. The Hall–Kier alpha value is -1.55. The highest BCUT2D eigenvalue weighted by molar-refractivity contribution is 9.09. The lowest BCUT2D eigenvalue weighted by Gasteiger charge is -2.38. The Bertz CT molecular complexity index is 1020. The van der Waals surface area contributed by atoms with Gasteiger partial charge in [-0.3, -0.25) is 14.4 Å². The van der Waals surface area contributed by atoms with Gasteiger partial charge >= 0.3 is 5.97 Å². The molecule has 3 saturated heterocycles.